The average Bonchev–Trinajstić information content (AvgIpc) is 3.48. The van der Waals surface area contributed by atoms with E-state index in [0.717, 1.165) is 38.1 Å². The minimum atomic E-state index is -0.889. The fourth-order valence-corrected chi connectivity index (χ4v) is 7.30. The second-order valence-corrected chi connectivity index (χ2v) is 11.0. The van der Waals surface area contributed by atoms with Gasteiger partial charge in [0.25, 0.3) is 0 Å². The number of benzene rings is 3. The Morgan fingerprint density at radius 3 is 2.56 bits per heavy atom. The van der Waals surface area contributed by atoms with E-state index in [1.54, 1.807) is 23.1 Å². The summed E-state index contributed by atoms with van der Waals surface area (Å²) in [5.41, 5.74) is 2.66. The Morgan fingerprint density at radius 2 is 1.76 bits per heavy atom. The molecular formula is C28H21ClN2OS2. The summed E-state index contributed by atoms with van der Waals surface area (Å²) in [6.07, 6.45) is 0.667. The largest absolute Gasteiger partial charge is 0.291 e. The van der Waals surface area contributed by atoms with Crippen molar-refractivity contribution >= 4 is 51.9 Å². The third-order valence-electron chi connectivity index (χ3n) is 6.55. The van der Waals surface area contributed by atoms with Crippen molar-refractivity contribution in [1.82, 2.24) is 0 Å². The highest BCUT2D eigenvalue weighted by molar-refractivity contribution is 7.99. The number of carbonyl (C=O) groups excluding carboxylic acids is 1. The summed E-state index contributed by atoms with van der Waals surface area (Å²) in [4.78, 5) is 16.8. The van der Waals surface area contributed by atoms with Gasteiger partial charge in [-0.05, 0) is 47.7 Å². The van der Waals surface area contributed by atoms with Gasteiger partial charge in [0.15, 0.2) is 5.78 Å². The van der Waals surface area contributed by atoms with Crippen molar-refractivity contribution in [1.29, 1.82) is 0 Å². The first-order valence-corrected chi connectivity index (χ1v) is 13.4. The third-order valence-corrected chi connectivity index (χ3v) is 8.80. The molecule has 3 heterocycles. The Kier molecular flexibility index (Phi) is 5.56. The van der Waals surface area contributed by atoms with Crippen molar-refractivity contribution in [2.75, 3.05) is 10.8 Å². The minimum Gasteiger partial charge on any atom is -0.291 e. The van der Waals surface area contributed by atoms with Gasteiger partial charge in [-0.25, -0.2) is 0 Å². The molecule has 3 aromatic carbocycles. The number of hydrogen-bond donors (Lipinski definition) is 0. The molecule has 0 N–H and O–H groups in total. The summed E-state index contributed by atoms with van der Waals surface area (Å²) in [6.45, 7) is 0. The molecule has 6 rings (SSSR count). The standard InChI is InChI=1S/C28H21ClN2OS2/c29-20-10-6-11-21(18-20)31-28(15-17-34-23-13-5-4-12-22(23)27(28)32)25(24-14-7-16-33-24)26(30-31)19-8-2-1-3-9-19/h1-14,16,18,25H,15,17H2/t25-,28-/m1/s1. The molecule has 3 nitrogen and oxygen atoms in total. The zero-order chi connectivity index (χ0) is 23.1. The Morgan fingerprint density at radius 1 is 0.941 bits per heavy atom. The number of ketones is 1. The monoisotopic (exact) mass is 500 g/mol. The molecule has 0 bridgehead atoms. The molecule has 0 amide bonds. The van der Waals surface area contributed by atoms with Crippen molar-refractivity contribution in [3.05, 3.63) is 117 Å². The number of carbonyl (C=O) groups is 1. The first kappa shape index (κ1) is 21.7. The van der Waals surface area contributed by atoms with E-state index in [4.69, 9.17) is 16.7 Å². The van der Waals surface area contributed by atoms with E-state index in [1.165, 1.54) is 0 Å². The van der Waals surface area contributed by atoms with E-state index in [9.17, 15) is 4.79 Å². The lowest BCUT2D eigenvalue weighted by Crippen LogP contribution is -2.54. The molecule has 2 aliphatic rings. The molecule has 168 valence electrons. The first-order chi connectivity index (χ1) is 16.7. The van der Waals surface area contributed by atoms with Gasteiger partial charge < -0.3 is 0 Å². The molecule has 0 fully saturated rings. The number of hydrogen-bond acceptors (Lipinski definition) is 5. The van der Waals surface area contributed by atoms with Crippen molar-refractivity contribution < 1.29 is 4.79 Å². The van der Waals surface area contributed by atoms with Crippen LogP contribution in [0.25, 0.3) is 0 Å². The Bertz CT molecular complexity index is 1390. The summed E-state index contributed by atoms with van der Waals surface area (Å²) < 4.78 is 0. The number of nitrogens with zero attached hydrogens (tertiary/aromatic N) is 2. The van der Waals surface area contributed by atoms with Crippen LogP contribution in [0.1, 0.15) is 33.1 Å². The molecule has 0 saturated carbocycles. The molecule has 1 spiro atoms. The van der Waals surface area contributed by atoms with Gasteiger partial charge in [0.2, 0.25) is 0 Å². The lowest BCUT2D eigenvalue weighted by molar-refractivity contribution is 0.0875. The van der Waals surface area contributed by atoms with Crippen LogP contribution in [0, 0.1) is 0 Å². The normalized spacial score (nSPS) is 21.9. The second-order valence-electron chi connectivity index (χ2n) is 8.44. The van der Waals surface area contributed by atoms with Crippen LogP contribution in [-0.2, 0) is 0 Å². The number of rotatable bonds is 3. The first-order valence-electron chi connectivity index (χ1n) is 11.2. The molecule has 4 aromatic rings. The molecule has 2 aliphatic heterocycles. The summed E-state index contributed by atoms with van der Waals surface area (Å²) in [5.74, 6) is 0.730. The van der Waals surface area contributed by atoms with Gasteiger partial charge in [-0.1, -0.05) is 72.3 Å². The van der Waals surface area contributed by atoms with Crippen LogP contribution in [0.3, 0.4) is 0 Å². The van der Waals surface area contributed by atoms with Crippen LogP contribution in [0.2, 0.25) is 5.02 Å². The average molecular weight is 501 g/mol. The van der Waals surface area contributed by atoms with E-state index in [1.807, 2.05) is 65.7 Å². The molecular weight excluding hydrogens is 480 g/mol. The van der Waals surface area contributed by atoms with E-state index in [2.05, 4.69) is 35.7 Å². The minimum absolute atomic E-state index is 0.112. The maximum absolute atomic E-state index is 14.7. The smallest absolute Gasteiger partial charge is 0.192 e. The molecule has 0 aliphatic carbocycles. The van der Waals surface area contributed by atoms with Crippen LogP contribution >= 0.6 is 34.7 Å². The number of halogens is 1. The van der Waals surface area contributed by atoms with Gasteiger partial charge in [0, 0.05) is 26.1 Å². The van der Waals surface area contributed by atoms with Crippen molar-refractivity contribution in [2.24, 2.45) is 5.10 Å². The lowest BCUT2D eigenvalue weighted by atomic mass is 9.72. The molecule has 0 unspecified atom stereocenters. The Labute approximate surface area is 212 Å². The molecule has 1 aromatic heterocycles. The van der Waals surface area contributed by atoms with Gasteiger partial charge in [-0.15, -0.1) is 23.1 Å². The van der Waals surface area contributed by atoms with Crippen molar-refractivity contribution in [3.63, 3.8) is 0 Å². The van der Waals surface area contributed by atoms with Crippen LogP contribution in [0.4, 0.5) is 5.69 Å². The fourth-order valence-electron chi connectivity index (χ4n) is 5.08. The maximum atomic E-state index is 14.7. The van der Waals surface area contributed by atoms with Crippen LogP contribution in [0.15, 0.2) is 106 Å². The van der Waals surface area contributed by atoms with Gasteiger partial charge >= 0.3 is 0 Å². The lowest BCUT2D eigenvalue weighted by Gasteiger charge is -2.40. The highest BCUT2D eigenvalue weighted by Gasteiger charge is 2.58. The van der Waals surface area contributed by atoms with E-state index < -0.39 is 5.54 Å². The van der Waals surface area contributed by atoms with Gasteiger partial charge in [-0.3, -0.25) is 9.80 Å². The number of anilines is 1. The topological polar surface area (TPSA) is 32.7 Å². The molecule has 2 atom stereocenters. The predicted molar refractivity (Wildman–Crippen MR) is 143 cm³/mol. The Balaban J connectivity index is 1.64. The summed E-state index contributed by atoms with van der Waals surface area (Å²) in [7, 11) is 0. The van der Waals surface area contributed by atoms with Crippen LogP contribution in [-0.4, -0.2) is 22.8 Å². The SMILES string of the molecule is O=C1c2ccccc2SCC[C@@]12[C@H](c1cccs1)C(c1ccccc1)=NN2c1cccc(Cl)c1. The molecule has 0 saturated heterocycles. The number of thioether (sulfide) groups is 1. The zero-order valence-corrected chi connectivity index (χ0v) is 20.6. The fraction of sp³-hybridized carbons (Fsp3) is 0.143. The van der Waals surface area contributed by atoms with E-state index in [-0.39, 0.29) is 11.7 Å². The van der Waals surface area contributed by atoms with E-state index >= 15 is 0 Å². The number of Topliss-reactive ketones (excluding diaryl/α,β-unsaturated/α-hetero) is 1. The predicted octanol–water partition coefficient (Wildman–Crippen LogP) is 7.53. The van der Waals surface area contributed by atoms with Crippen molar-refractivity contribution in [3.8, 4) is 0 Å². The highest BCUT2D eigenvalue weighted by atomic mass is 35.5. The molecule has 6 heteroatoms. The quantitative estimate of drug-likeness (QED) is 0.291. The number of fused-ring (bicyclic) bond motifs is 1. The zero-order valence-electron chi connectivity index (χ0n) is 18.2. The van der Waals surface area contributed by atoms with Crippen molar-refractivity contribution in [2.45, 2.75) is 22.8 Å². The Hall–Kier alpha value is -2.86. The van der Waals surface area contributed by atoms with Gasteiger partial charge in [0.05, 0.1) is 17.3 Å². The number of thiophene rings is 1. The second kappa shape index (κ2) is 8.73. The van der Waals surface area contributed by atoms with Crippen LogP contribution in [0.5, 0.6) is 0 Å². The summed E-state index contributed by atoms with van der Waals surface area (Å²) >= 11 is 9.86. The van der Waals surface area contributed by atoms with Crippen LogP contribution < -0.4 is 5.01 Å². The van der Waals surface area contributed by atoms with Gasteiger partial charge in [-0.2, -0.15) is 5.10 Å². The third kappa shape index (κ3) is 3.42. The number of hydrazone groups is 1. The van der Waals surface area contributed by atoms with E-state index in [0.29, 0.717) is 11.4 Å². The summed E-state index contributed by atoms with van der Waals surface area (Å²) in [5, 5.41) is 9.89. The summed E-state index contributed by atoms with van der Waals surface area (Å²) in [6, 6.07) is 30.1. The molecule has 0 radical (unpaired) electrons. The highest BCUT2D eigenvalue weighted by Crippen LogP contribution is 2.52. The van der Waals surface area contributed by atoms with Gasteiger partial charge in [0.1, 0.15) is 5.54 Å². The molecule has 34 heavy (non-hydrogen) atoms. The maximum Gasteiger partial charge on any atom is 0.192 e.